The van der Waals surface area contributed by atoms with Crippen LogP contribution in [0, 0.1) is 0 Å². The minimum absolute atomic E-state index is 0. The van der Waals surface area contributed by atoms with Gasteiger partial charge in [-0.15, -0.1) is 24.0 Å². The number of carbonyl (C=O) groups is 2. The van der Waals surface area contributed by atoms with Crippen molar-refractivity contribution in [1.29, 1.82) is 0 Å². The number of carbonyl (C=O) groups excluding carboxylic acids is 2. The van der Waals surface area contributed by atoms with E-state index in [1.807, 2.05) is 0 Å². The highest BCUT2D eigenvalue weighted by atomic mass is 127. The van der Waals surface area contributed by atoms with Crippen molar-refractivity contribution in [1.82, 2.24) is 15.5 Å². The number of amides is 2. The Labute approximate surface area is 140 Å². The molecular weight excluding hydrogens is 383 g/mol. The minimum atomic E-state index is -0.217. The first kappa shape index (κ1) is 15.7. The molecule has 0 fully saturated rings. The number of nitrogens with zero attached hydrogens (tertiary/aromatic N) is 2. The van der Waals surface area contributed by atoms with Crippen LogP contribution < -0.4 is 10.6 Å². The van der Waals surface area contributed by atoms with E-state index in [1.165, 1.54) is 4.90 Å². The fraction of sp³-hybridized carbons (Fsp3) is 0.357. The van der Waals surface area contributed by atoms with Gasteiger partial charge in [0.2, 0.25) is 0 Å². The quantitative estimate of drug-likeness (QED) is 0.583. The zero-order valence-electron chi connectivity index (χ0n) is 11.5. The zero-order valence-corrected chi connectivity index (χ0v) is 13.8. The number of imide groups is 1. The van der Waals surface area contributed by atoms with E-state index in [4.69, 9.17) is 0 Å². The number of hydrogen-bond donors (Lipinski definition) is 2. The number of rotatable bonds is 3. The Morgan fingerprint density at radius 3 is 2.43 bits per heavy atom. The zero-order chi connectivity index (χ0) is 13.9. The molecule has 0 spiro atoms. The Morgan fingerprint density at radius 1 is 1.19 bits per heavy atom. The van der Waals surface area contributed by atoms with Crippen molar-refractivity contribution in [2.24, 2.45) is 4.99 Å². The molecule has 3 rings (SSSR count). The molecule has 21 heavy (non-hydrogen) atoms. The van der Waals surface area contributed by atoms with Crippen molar-refractivity contribution in [2.45, 2.75) is 6.42 Å². The average Bonchev–Trinajstić information content (AvgIpc) is 2.74. The molecule has 112 valence electrons. The Balaban J connectivity index is 0.00000161. The molecule has 2 aliphatic rings. The summed E-state index contributed by atoms with van der Waals surface area (Å²) in [6, 6.07) is 6.92. The number of nitrogens with one attached hydrogen (secondary N) is 2. The van der Waals surface area contributed by atoms with Crippen molar-refractivity contribution < 1.29 is 9.59 Å². The number of fused-ring (bicyclic) bond motifs is 1. The summed E-state index contributed by atoms with van der Waals surface area (Å²) in [6.45, 7) is 2.55. The summed E-state index contributed by atoms with van der Waals surface area (Å²) in [5, 5.41) is 6.24. The predicted molar refractivity (Wildman–Crippen MR) is 90.1 cm³/mol. The maximum Gasteiger partial charge on any atom is 0.261 e. The number of aliphatic imine (C=N–C) groups is 1. The molecule has 2 heterocycles. The second-order valence-corrected chi connectivity index (χ2v) is 4.74. The topological polar surface area (TPSA) is 73.8 Å². The van der Waals surface area contributed by atoms with Crippen LogP contribution >= 0.6 is 24.0 Å². The molecule has 0 aliphatic carbocycles. The van der Waals surface area contributed by atoms with E-state index in [0.717, 1.165) is 25.5 Å². The van der Waals surface area contributed by atoms with E-state index >= 15 is 0 Å². The number of halogens is 1. The third-order valence-corrected chi connectivity index (χ3v) is 3.40. The standard InChI is InChI=1S/C14H16N4O2.HI/c19-12-10-4-1-2-5-11(10)13(20)18(12)9-8-17-14-15-6-3-7-16-14;/h1-2,4-5H,3,6-9H2,(H2,15,16,17);1H. The summed E-state index contributed by atoms with van der Waals surface area (Å²) >= 11 is 0. The highest BCUT2D eigenvalue weighted by Crippen LogP contribution is 2.21. The largest absolute Gasteiger partial charge is 0.356 e. The average molecular weight is 400 g/mol. The lowest BCUT2D eigenvalue weighted by Gasteiger charge is -2.18. The lowest BCUT2D eigenvalue weighted by atomic mass is 10.1. The maximum atomic E-state index is 12.1. The van der Waals surface area contributed by atoms with Gasteiger partial charge in [-0.1, -0.05) is 12.1 Å². The second kappa shape index (κ2) is 6.88. The lowest BCUT2D eigenvalue weighted by molar-refractivity contribution is 0.0657. The van der Waals surface area contributed by atoms with Crippen LogP contribution in [-0.4, -0.2) is 48.9 Å². The normalized spacial score (nSPS) is 16.8. The fourth-order valence-electron chi connectivity index (χ4n) is 2.38. The van der Waals surface area contributed by atoms with Crippen LogP contribution in [0.15, 0.2) is 29.3 Å². The fourth-order valence-corrected chi connectivity index (χ4v) is 2.38. The van der Waals surface area contributed by atoms with Crippen molar-refractivity contribution in [2.75, 3.05) is 26.2 Å². The first-order valence-corrected chi connectivity index (χ1v) is 6.75. The summed E-state index contributed by atoms with van der Waals surface area (Å²) < 4.78 is 0. The minimum Gasteiger partial charge on any atom is -0.356 e. The Kier molecular flexibility index (Phi) is 5.16. The second-order valence-electron chi connectivity index (χ2n) is 4.74. The van der Waals surface area contributed by atoms with Crippen molar-refractivity contribution in [3.8, 4) is 0 Å². The first-order valence-electron chi connectivity index (χ1n) is 6.75. The van der Waals surface area contributed by atoms with E-state index in [2.05, 4.69) is 15.6 Å². The molecule has 1 aromatic carbocycles. The van der Waals surface area contributed by atoms with Gasteiger partial charge >= 0.3 is 0 Å². The van der Waals surface area contributed by atoms with E-state index in [1.54, 1.807) is 24.3 Å². The van der Waals surface area contributed by atoms with Gasteiger partial charge in [0, 0.05) is 26.2 Å². The van der Waals surface area contributed by atoms with Gasteiger partial charge in [-0.2, -0.15) is 0 Å². The molecule has 6 nitrogen and oxygen atoms in total. The Morgan fingerprint density at radius 2 is 1.86 bits per heavy atom. The molecule has 2 N–H and O–H groups in total. The van der Waals surface area contributed by atoms with Gasteiger partial charge in [-0.3, -0.25) is 19.5 Å². The van der Waals surface area contributed by atoms with Crippen LogP contribution in [-0.2, 0) is 0 Å². The van der Waals surface area contributed by atoms with E-state index in [-0.39, 0.29) is 35.8 Å². The summed E-state index contributed by atoms with van der Waals surface area (Å²) in [6.07, 6.45) is 1.03. The molecule has 0 atom stereocenters. The molecule has 0 saturated carbocycles. The van der Waals surface area contributed by atoms with Crippen molar-refractivity contribution in [3.05, 3.63) is 35.4 Å². The molecule has 0 aromatic heterocycles. The van der Waals surface area contributed by atoms with Gasteiger partial charge in [-0.25, -0.2) is 0 Å². The van der Waals surface area contributed by atoms with Crippen LogP contribution in [0.3, 0.4) is 0 Å². The maximum absolute atomic E-state index is 12.1. The number of guanidine groups is 1. The Hall–Kier alpha value is -1.64. The molecule has 2 aliphatic heterocycles. The van der Waals surface area contributed by atoms with Gasteiger partial charge in [0.15, 0.2) is 5.96 Å². The van der Waals surface area contributed by atoms with Crippen LogP contribution in [0.1, 0.15) is 27.1 Å². The molecule has 2 amide bonds. The summed E-state index contributed by atoms with van der Waals surface area (Å²) in [5.41, 5.74) is 0.983. The van der Waals surface area contributed by atoms with Crippen LogP contribution in [0.2, 0.25) is 0 Å². The van der Waals surface area contributed by atoms with E-state index in [9.17, 15) is 9.59 Å². The highest BCUT2D eigenvalue weighted by molar-refractivity contribution is 14.0. The van der Waals surface area contributed by atoms with Gasteiger partial charge in [0.25, 0.3) is 11.8 Å². The summed E-state index contributed by atoms with van der Waals surface area (Å²) in [4.78, 5) is 29.8. The van der Waals surface area contributed by atoms with Crippen LogP contribution in [0.5, 0.6) is 0 Å². The molecular formula is C14H17IN4O2. The van der Waals surface area contributed by atoms with Crippen LogP contribution in [0.25, 0.3) is 0 Å². The molecule has 7 heteroatoms. The van der Waals surface area contributed by atoms with E-state index < -0.39 is 0 Å². The van der Waals surface area contributed by atoms with Gasteiger partial charge in [0.1, 0.15) is 0 Å². The number of hydrogen-bond acceptors (Lipinski definition) is 5. The van der Waals surface area contributed by atoms with Gasteiger partial charge < -0.3 is 10.6 Å². The third-order valence-electron chi connectivity index (χ3n) is 3.40. The molecule has 0 saturated heterocycles. The Bertz CT molecular complexity index is 553. The van der Waals surface area contributed by atoms with Crippen LogP contribution in [0.4, 0.5) is 0 Å². The summed E-state index contributed by atoms with van der Waals surface area (Å²) in [5.74, 6) is 0.310. The predicted octanol–water partition coefficient (Wildman–Crippen LogP) is 0.839. The monoisotopic (exact) mass is 400 g/mol. The van der Waals surface area contributed by atoms with Gasteiger partial charge in [-0.05, 0) is 18.6 Å². The third kappa shape index (κ3) is 3.17. The molecule has 0 bridgehead atoms. The van der Waals surface area contributed by atoms with E-state index in [0.29, 0.717) is 24.2 Å². The highest BCUT2D eigenvalue weighted by Gasteiger charge is 2.34. The van der Waals surface area contributed by atoms with Gasteiger partial charge in [0.05, 0.1) is 11.1 Å². The lowest BCUT2D eigenvalue weighted by Crippen LogP contribution is -2.44. The summed E-state index contributed by atoms with van der Waals surface area (Å²) in [7, 11) is 0. The first-order chi connectivity index (χ1) is 9.77. The molecule has 1 aromatic rings. The molecule has 0 unspecified atom stereocenters. The molecule has 0 radical (unpaired) electrons. The van der Waals surface area contributed by atoms with Crippen molar-refractivity contribution in [3.63, 3.8) is 0 Å². The van der Waals surface area contributed by atoms with Crippen molar-refractivity contribution >= 4 is 41.8 Å². The SMILES string of the molecule is I.O=C1c2ccccc2C(=O)N1CCNC1=NCCCN1. The smallest absolute Gasteiger partial charge is 0.261 e. The number of benzene rings is 1.